The van der Waals surface area contributed by atoms with Crippen molar-refractivity contribution in [2.24, 2.45) is 0 Å². The SMILES string of the molecule is Cc1cc(C(=O)N(CCC(=O)NCCc2ccccn2)C(C)C)c(C)o1. The van der Waals surface area contributed by atoms with E-state index in [0.29, 0.717) is 36.6 Å². The topological polar surface area (TPSA) is 75.4 Å². The molecule has 1 N–H and O–H groups in total. The number of carbonyl (C=O) groups excluding carboxylic acids is 2. The molecule has 26 heavy (non-hydrogen) atoms. The molecule has 0 saturated carbocycles. The number of aromatic nitrogens is 1. The van der Waals surface area contributed by atoms with Crippen molar-refractivity contribution in [3.8, 4) is 0 Å². The Balaban J connectivity index is 1.85. The summed E-state index contributed by atoms with van der Waals surface area (Å²) in [5.74, 6) is 1.15. The van der Waals surface area contributed by atoms with Crippen LogP contribution in [-0.4, -0.2) is 40.8 Å². The van der Waals surface area contributed by atoms with E-state index in [0.717, 1.165) is 5.69 Å². The predicted molar refractivity (Wildman–Crippen MR) is 99.9 cm³/mol. The Kier molecular flexibility index (Phi) is 6.95. The van der Waals surface area contributed by atoms with Gasteiger partial charge in [-0.3, -0.25) is 14.6 Å². The maximum Gasteiger partial charge on any atom is 0.257 e. The van der Waals surface area contributed by atoms with E-state index in [1.165, 1.54) is 0 Å². The molecule has 0 atom stereocenters. The van der Waals surface area contributed by atoms with Gasteiger partial charge in [0, 0.05) is 43.9 Å². The number of hydrogen-bond donors (Lipinski definition) is 1. The second-order valence-electron chi connectivity index (χ2n) is 6.59. The molecule has 0 aromatic carbocycles. The summed E-state index contributed by atoms with van der Waals surface area (Å²) < 4.78 is 5.45. The third-order valence-corrected chi connectivity index (χ3v) is 4.16. The third-order valence-electron chi connectivity index (χ3n) is 4.16. The van der Waals surface area contributed by atoms with Gasteiger partial charge in [-0.1, -0.05) is 6.07 Å². The number of nitrogens with one attached hydrogen (secondary N) is 1. The fraction of sp³-hybridized carbons (Fsp3) is 0.450. The number of amides is 2. The van der Waals surface area contributed by atoms with Gasteiger partial charge >= 0.3 is 0 Å². The summed E-state index contributed by atoms with van der Waals surface area (Å²) in [5, 5.41) is 2.88. The largest absolute Gasteiger partial charge is 0.466 e. The molecule has 0 spiro atoms. The average molecular weight is 357 g/mol. The summed E-state index contributed by atoms with van der Waals surface area (Å²) in [6.45, 7) is 8.39. The van der Waals surface area contributed by atoms with Crippen molar-refractivity contribution in [2.45, 2.75) is 46.6 Å². The molecule has 140 valence electrons. The van der Waals surface area contributed by atoms with E-state index >= 15 is 0 Å². The third kappa shape index (κ3) is 5.44. The van der Waals surface area contributed by atoms with Crippen molar-refractivity contribution in [2.75, 3.05) is 13.1 Å². The first-order valence-electron chi connectivity index (χ1n) is 8.93. The van der Waals surface area contributed by atoms with Gasteiger partial charge in [0.2, 0.25) is 5.91 Å². The van der Waals surface area contributed by atoms with Crippen LogP contribution in [0.5, 0.6) is 0 Å². The Hall–Kier alpha value is -2.63. The first-order chi connectivity index (χ1) is 12.4. The van der Waals surface area contributed by atoms with Gasteiger partial charge in [0.1, 0.15) is 11.5 Å². The van der Waals surface area contributed by atoms with E-state index in [9.17, 15) is 9.59 Å². The maximum absolute atomic E-state index is 12.8. The lowest BCUT2D eigenvalue weighted by atomic mass is 10.1. The highest BCUT2D eigenvalue weighted by molar-refractivity contribution is 5.95. The summed E-state index contributed by atoms with van der Waals surface area (Å²) in [7, 11) is 0. The molecule has 0 saturated heterocycles. The number of rotatable bonds is 8. The molecule has 2 aromatic heterocycles. The van der Waals surface area contributed by atoms with Gasteiger partial charge in [0.15, 0.2) is 0 Å². The van der Waals surface area contributed by atoms with Gasteiger partial charge in [0.05, 0.1) is 5.56 Å². The highest BCUT2D eigenvalue weighted by Gasteiger charge is 2.23. The fourth-order valence-corrected chi connectivity index (χ4v) is 2.78. The van der Waals surface area contributed by atoms with E-state index in [-0.39, 0.29) is 24.3 Å². The highest BCUT2D eigenvalue weighted by atomic mass is 16.3. The second-order valence-corrected chi connectivity index (χ2v) is 6.59. The van der Waals surface area contributed by atoms with Gasteiger partial charge < -0.3 is 14.6 Å². The van der Waals surface area contributed by atoms with E-state index in [2.05, 4.69) is 10.3 Å². The minimum atomic E-state index is -0.101. The second kappa shape index (κ2) is 9.17. The van der Waals surface area contributed by atoms with Crippen LogP contribution in [0.15, 0.2) is 34.9 Å². The smallest absolute Gasteiger partial charge is 0.257 e. The molecule has 2 aromatic rings. The van der Waals surface area contributed by atoms with Crippen LogP contribution in [0.1, 0.15) is 47.8 Å². The molecule has 6 nitrogen and oxygen atoms in total. The van der Waals surface area contributed by atoms with Crippen LogP contribution in [0.2, 0.25) is 0 Å². The lowest BCUT2D eigenvalue weighted by Gasteiger charge is -2.26. The first-order valence-corrected chi connectivity index (χ1v) is 8.93. The van der Waals surface area contributed by atoms with Crippen LogP contribution < -0.4 is 5.32 Å². The van der Waals surface area contributed by atoms with Crippen LogP contribution >= 0.6 is 0 Å². The molecular weight excluding hydrogens is 330 g/mol. The minimum absolute atomic E-state index is 0.00146. The predicted octanol–water partition coefficient (Wildman–Crippen LogP) is 2.89. The Labute approximate surface area is 154 Å². The van der Waals surface area contributed by atoms with Crippen molar-refractivity contribution in [1.82, 2.24) is 15.2 Å². The molecular formula is C20H27N3O3. The Morgan fingerprint density at radius 3 is 2.62 bits per heavy atom. The Bertz CT molecular complexity index is 738. The number of pyridine rings is 1. The normalized spacial score (nSPS) is 10.8. The highest BCUT2D eigenvalue weighted by Crippen LogP contribution is 2.17. The summed E-state index contributed by atoms with van der Waals surface area (Å²) in [4.78, 5) is 30.8. The average Bonchev–Trinajstić information content (AvgIpc) is 2.94. The molecule has 0 aliphatic carbocycles. The number of hydrogen-bond acceptors (Lipinski definition) is 4. The summed E-state index contributed by atoms with van der Waals surface area (Å²) in [6.07, 6.45) is 2.69. The van der Waals surface area contributed by atoms with Gasteiger partial charge in [-0.2, -0.15) is 0 Å². The summed E-state index contributed by atoms with van der Waals surface area (Å²) in [6, 6.07) is 7.47. The van der Waals surface area contributed by atoms with E-state index in [4.69, 9.17) is 4.42 Å². The number of furan rings is 1. The van der Waals surface area contributed by atoms with E-state index in [1.807, 2.05) is 39.0 Å². The molecule has 0 bridgehead atoms. The number of carbonyl (C=O) groups is 2. The van der Waals surface area contributed by atoms with Gasteiger partial charge in [-0.05, 0) is 45.9 Å². The van der Waals surface area contributed by atoms with Crippen molar-refractivity contribution in [3.63, 3.8) is 0 Å². The van der Waals surface area contributed by atoms with E-state index in [1.54, 1.807) is 24.1 Å². The minimum Gasteiger partial charge on any atom is -0.466 e. The number of aryl methyl sites for hydroxylation is 2. The van der Waals surface area contributed by atoms with Crippen LogP contribution in [0, 0.1) is 13.8 Å². The molecule has 2 rings (SSSR count). The molecule has 2 heterocycles. The maximum atomic E-state index is 12.8. The van der Waals surface area contributed by atoms with Gasteiger partial charge in [-0.25, -0.2) is 0 Å². The molecule has 6 heteroatoms. The lowest BCUT2D eigenvalue weighted by molar-refractivity contribution is -0.121. The van der Waals surface area contributed by atoms with Crippen molar-refractivity contribution < 1.29 is 14.0 Å². The standard InChI is InChI=1S/C20H27N3O3/c1-14(2)23(20(25)18-13-15(3)26-16(18)4)12-9-19(24)22-11-8-17-7-5-6-10-21-17/h5-7,10,13-14H,8-9,11-12H2,1-4H3,(H,22,24). The zero-order valence-electron chi connectivity index (χ0n) is 15.9. The van der Waals surface area contributed by atoms with Gasteiger partial charge in [0.25, 0.3) is 5.91 Å². The molecule has 0 fully saturated rings. The first kappa shape index (κ1) is 19.7. The van der Waals surface area contributed by atoms with Crippen LogP contribution in [0.4, 0.5) is 0 Å². The van der Waals surface area contributed by atoms with Crippen LogP contribution in [0.3, 0.4) is 0 Å². The Morgan fingerprint density at radius 2 is 2.04 bits per heavy atom. The Morgan fingerprint density at radius 1 is 1.27 bits per heavy atom. The number of nitrogens with zero attached hydrogens (tertiary/aromatic N) is 2. The fourth-order valence-electron chi connectivity index (χ4n) is 2.78. The van der Waals surface area contributed by atoms with Crippen LogP contribution in [-0.2, 0) is 11.2 Å². The van der Waals surface area contributed by atoms with E-state index < -0.39 is 0 Å². The quantitative estimate of drug-likeness (QED) is 0.788. The van der Waals surface area contributed by atoms with Crippen molar-refractivity contribution in [3.05, 3.63) is 53.2 Å². The summed E-state index contributed by atoms with van der Waals surface area (Å²) >= 11 is 0. The van der Waals surface area contributed by atoms with Crippen molar-refractivity contribution in [1.29, 1.82) is 0 Å². The molecule has 0 unspecified atom stereocenters. The summed E-state index contributed by atoms with van der Waals surface area (Å²) in [5.41, 5.74) is 1.50. The lowest BCUT2D eigenvalue weighted by Crippen LogP contribution is -2.40. The van der Waals surface area contributed by atoms with Crippen molar-refractivity contribution >= 4 is 11.8 Å². The van der Waals surface area contributed by atoms with Gasteiger partial charge in [-0.15, -0.1) is 0 Å². The molecule has 2 amide bonds. The zero-order valence-corrected chi connectivity index (χ0v) is 15.9. The molecule has 0 aliphatic heterocycles. The van der Waals surface area contributed by atoms with Crippen LogP contribution in [0.25, 0.3) is 0 Å². The molecule has 0 radical (unpaired) electrons. The monoisotopic (exact) mass is 357 g/mol. The molecule has 0 aliphatic rings. The zero-order chi connectivity index (χ0) is 19.1.